The number of benzene rings is 1. The molecule has 23 heavy (non-hydrogen) atoms. The van der Waals surface area contributed by atoms with Crippen LogP contribution in [0, 0.1) is 0 Å². The molecule has 1 heterocycles. The van der Waals surface area contributed by atoms with Crippen molar-refractivity contribution in [2.75, 3.05) is 5.32 Å². The van der Waals surface area contributed by atoms with Crippen molar-refractivity contribution in [3.05, 3.63) is 30.1 Å². The first kappa shape index (κ1) is 15.6. The molecule has 1 aromatic heterocycles. The molecular formula is C16H22N6O. The number of aromatic nitrogens is 3. The Morgan fingerprint density at radius 2 is 1.91 bits per heavy atom. The Morgan fingerprint density at radius 1 is 1.22 bits per heavy atom. The average molecular weight is 314 g/mol. The molecule has 2 aromatic rings. The van der Waals surface area contributed by atoms with Gasteiger partial charge >= 0.3 is 0 Å². The lowest BCUT2D eigenvalue weighted by molar-refractivity contribution is -0.122. The van der Waals surface area contributed by atoms with Crippen molar-refractivity contribution in [1.82, 2.24) is 15.2 Å². The van der Waals surface area contributed by atoms with Crippen molar-refractivity contribution >= 4 is 11.6 Å². The number of rotatable bonds is 4. The fraction of sp³-hybridized carbons (Fsp3) is 0.438. The standard InChI is InChI=1S/C16H22N6O/c17-10-13-20-14(22-21-13)11-4-6-12(7-5-11)19-15(23)16(18)8-2-1-3-9-16/h4-7H,1-3,8-10,17-18H2,(H,19,23)(H,20,21,22). The molecule has 0 bridgehead atoms. The number of hydrogen-bond acceptors (Lipinski definition) is 5. The van der Waals surface area contributed by atoms with Gasteiger partial charge in [0.2, 0.25) is 5.91 Å². The summed E-state index contributed by atoms with van der Waals surface area (Å²) in [5.74, 6) is 1.12. The molecule has 122 valence electrons. The van der Waals surface area contributed by atoms with E-state index in [2.05, 4.69) is 20.5 Å². The molecule has 7 heteroatoms. The fourth-order valence-corrected chi connectivity index (χ4v) is 2.88. The second-order valence-corrected chi connectivity index (χ2v) is 6.06. The molecular weight excluding hydrogens is 292 g/mol. The van der Waals surface area contributed by atoms with E-state index in [-0.39, 0.29) is 5.91 Å². The molecule has 1 saturated carbocycles. The molecule has 0 atom stereocenters. The topological polar surface area (TPSA) is 123 Å². The molecule has 0 aliphatic heterocycles. The summed E-state index contributed by atoms with van der Waals surface area (Å²) in [6.45, 7) is 0.319. The molecule has 6 N–H and O–H groups in total. The smallest absolute Gasteiger partial charge is 0.244 e. The third-order valence-electron chi connectivity index (χ3n) is 4.32. The molecule has 0 unspecified atom stereocenters. The average Bonchev–Trinajstić information content (AvgIpc) is 3.05. The maximum Gasteiger partial charge on any atom is 0.244 e. The van der Waals surface area contributed by atoms with Crippen LogP contribution in [0.3, 0.4) is 0 Å². The summed E-state index contributed by atoms with van der Waals surface area (Å²) in [6.07, 6.45) is 4.67. The number of aromatic amines is 1. The van der Waals surface area contributed by atoms with Crippen molar-refractivity contribution in [2.45, 2.75) is 44.2 Å². The van der Waals surface area contributed by atoms with Crippen molar-refractivity contribution < 1.29 is 4.79 Å². The van der Waals surface area contributed by atoms with Crippen LogP contribution in [0.5, 0.6) is 0 Å². The number of amides is 1. The van der Waals surface area contributed by atoms with Crippen molar-refractivity contribution in [3.8, 4) is 11.4 Å². The summed E-state index contributed by atoms with van der Waals surface area (Å²) >= 11 is 0. The minimum absolute atomic E-state index is 0.103. The lowest BCUT2D eigenvalue weighted by atomic mass is 9.82. The molecule has 1 aliphatic carbocycles. The van der Waals surface area contributed by atoms with Crippen LogP contribution in [-0.4, -0.2) is 26.6 Å². The fourth-order valence-electron chi connectivity index (χ4n) is 2.88. The number of anilines is 1. The number of carbonyl (C=O) groups excluding carboxylic acids is 1. The molecule has 0 spiro atoms. The molecule has 7 nitrogen and oxygen atoms in total. The highest BCUT2D eigenvalue weighted by Crippen LogP contribution is 2.27. The van der Waals surface area contributed by atoms with Gasteiger partial charge in [0.15, 0.2) is 5.82 Å². The molecule has 1 fully saturated rings. The van der Waals surface area contributed by atoms with Gasteiger partial charge in [0.05, 0.1) is 12.1 Å². The highest BCUT2D eigenvalue weighted by Gasteiger charge is 2.35. The molecule has 1 amide bonds. The summed E-state index contributed by atoms with van der Waals surface area (Å²) < 4.78 is 0. The van der Waals surface area contributed by atoms with Gasteiger partial charge in [0, 0.05) is 11.3 Å². The monoisotopic (exact) mass is 314 g/mol. The maximum atomic E-state index is 12.4. The van der Waals surface area contributed by atoms with Gasteiger partial charge in [-0.15, -0.1) is 0 Å². The van der Waals surface area contributed by atoms with Crippen molar-refractivity contribution in [1.29, 1.82) is 0 Å². The van der Waals surface area contributed by atoms with Crippen molar-refractivity contribution in [3.63, 3.8) is 0 Å². The van der Waals surface area contributed by atoms with Crippen LogP contribution in [0.15, 0.2) is 24.3 Å². The van der Waals surface area contributed by atoms with E-state index in [1.54, 1.807) is 0 Å². The van der Waals surface area contributed by atoms with E-state index in [0.29, 0.717) is 18.2 Å². The molecule has 0 saturated heterocycles. The van der Waals surface area contributed by atoms with Gasteiger partial charge < -0.3 is 16.8 Å². The van der Waals surface area contributed by atoms with Gasteiger partial charge in [-0.2, -0.15) is 5.10 Å². The third-order valence-corrected chi connectivity index (χ3v) is 4.32. The summed E-state index contributed by atoms with van der Waals surface area (Å²) in [6, 6.07) is 7.39. The van der Waals surface area contributed by atoms with Crippen LogP contribution >= 0.6 is 0 Å². The van der Waals surface area contributed by atoms with Crippen LogP contribution in [0.25, 0.3) is 11.4 Å². The summed E-state index contributed by atoms with van der Waals surface area (Å²) in [5.41, 5.74) is 12.6. The van der Waals surface area contributed by atoms with Gasteiger partial charge in [-0.3, -0.25) is 9.89 Å². The Balaban J connectivity index is 1.68. The predicted octanol–water partition coefficient (Wildman–Crippen LogP) is 1.53. The molecule has 0 radical (unpaired) electrons. The summed E-state index contributed by atoms with van der Waals surface area (Å²) in [4.78, 5) is 16.7. The first-order valence-corrected chi connectivity index (χ1v) is 7.93. The van der Waals surface area contributed by atoms with E-state index in [1.807, 2.05) is 24.3 Å². The normalized spacial score (nSPS) is 17.0. The zero-order valence-electron chi connectivity index (χ0n) is 13.0. The predicted molar refractivity (Wildman–Crippen MR) is 88.3 cm³/mol. The zero-order chi connectivity index (χ0) is 16.3. The van der Waals surface area contributed by atoms with Gasteiger partial charge in [0.1, 0.15) is 5.82 Å². The molecule has 1 aromatic carbocycles. The highest BCUT2D eigenvalue weighted by atomic mass is 16.2. The Bertz CT molecular complexity index is 672. The van der Waals surface area contributed by atoms with Gasteiger partial charge in [-0.25, -0.2) is 4.98 Å². The van der Waals surface area contributed by atoms with E-state index in [1.165, 1.54) is 0 Å². The van der Waals surface area contributed by atoms with Crippen LogP contribution in [-0.2, 0) is 11.3 Å². The van der Waals surface area contributed by atoms with E-state index < -0.39 is 5.54 Å². The van der Waals surface area contributed by atoms with Crippen LogP contribution < -0.4 is 16.8 Å². The Kier molecular flexibility index (Phi) is 4.40. The van der Waals surface area contributed by atoms with Gasteiger partial charge in [0.25, 0.3) is 0 Å². The lowest BCUT2D eigenvalue weighted by Crippen LogP contribution is -2.52. The second kappa shape index (κ2) is 6.47. The van der Waals surface area contributed by atoms with E-state index >= 15 is 0 Å². The van der Waals surface area contributed by atoms with Gasteiger partial charge in [-0.1, -0.05) is 19.3 Å². The third kappa shape index (κ3) is 3.40. The van der Waals surface area contributed by atoms with Crippen LogP contribution in [0.4, 0.5) is 5.69 Å². The highest BCUT2D eigenvalue weighted by molar-refractivity contribution is 5.98. The van der Waals surface area contributed by atoms with E-state index in [0.717, 1.165) is 43.4 Å². The number of nitrogens with zero attached hydrogens (tertiary/aromatic N) is 2. The maximum absolute atomic E-state index is 12.4. The first-order chi connectivity index (χ1) is 11.1. The minimum atomic E-state index is -0.739. The van der Waals surface area contributed by atoms with Gasteiger partial charge in [-0.05, 0) is 37.1 Å². The number of nitrogens with one attached hydrogen (secondary N) is 2. The SMILES string of the molecule is NCc1nc(-c2ccc(NC(=O)C3(N)CCCCC3)cc2)n[nH]1. The van der Waals surface area contributed by atoms with Crippen LogP contribution in [0.2, 0.25) is 0 Å². The number of hydrogen-bond donors (Lipinski definition) is 4. The lowest BCUT2D eigenvalue weighted by Gasteiger charge is -2.31. The zero-order valence-corrected chi connectivity index (χ0v) is 13.0. The second-order valence-electron chi connectivity index (χ2n) is 6.06. The Hall–Kier alpha value is -2.25. The number of H-pyrrole nitrogens is 1. The minimum Gasteiger partial charge on any atom is -0.324 e. The quantitative estimate of drug-likeness (QED) is 0.681. The van der Waals surface area contributed by atoms with E-state index in [9.17, 15) is 4.79 Å². The number of carbonyl (C=O) groups is 1. The van der Waals surface area contributed by atoms with Crippen LogP contribution in [0.1, 0.15) is 37.9 Å². The molecule has 1 aliphatic rings. The van der Waals surface area contributed by atoms with E-state index in [4.69, 9.17) is 11.5 Å². The number of nitrogens with two attached hydrogens (primary N) is 2. The summed E-state index contributed by atoms with van der Waals surface area (Å²) in [7, 11) is 0. The Labute approximate surface area is 134 Å². The first-order valence-electron chi connectivity index (χ1n) is 7.93. The summed E-state index contributed by atoms with van der Waals surface area (Å²) in [5, 5.41) is 9.80. The van der Waals surface area contributed by atoms with Crippen molar-refractivity contribution in [2.24, 2.45) is 11.5 Å². The Morgan fingerprint density at radius 3 is 2.52 bits per heavy atom. The largest absolute Gasteiger partial charge is 0.324 e. The molecule has 3 rings (SSSR count).